The molecule has 0 aliphatic carbocycles. The van der Waals surface area contributed by atoms with Gasteiger partial charge in [0.2, 0.25) is 0 Å². The van der Waals surface area contributed by atoms with Gasteiger partial charge in [-0.25, -0.2) is 0 Å². The summed E-state index contributed by atoms with van der Waals surface area (Å²) >= 11 is 5.39. The minimum absolute atomic E-state index is 0.0320. The van der Waals surface area contributed by atoms with Gasteiger partial charge in [-0.15, -0.1) is 0 Å². The maximum absolute atomic E-state index is 11.9. The fraction of sp³-hybridized carbons (Fsp3) is 0.462. The third kappa shape index (κ3) is 4.03. The maximum atomic E-state index is 11.9. The van der Waals surface area contributed by atoms with Gasteiger partial charge in [0.1, 0.15) is 0 Å². The number of nitrogens with one attached hydrogen (secondary N) is 1. The molecule has 1 fully saturated rings. The van der Waals surface area contributed by atoms with E-state index in [1.165, 1.54) is 24.3 Å². The van der Waals surface area contributed by atoms with E-state index in [1.807, 2.05) is 36.0 Å². The lowest BCUT2D eigenvalue weighted by Crippen LogP contribution is -2.30. The highest BCUT2D eigenvalue weighted by molar-refractivity contribution is 9.10. The summed E-state index contributed by atoms with van der Waals surface area (Å²) in [4.78, 5) is 11.9. The first-order valence-electron chi connectivity index (χ1n) is 5.87. The van der Waals surface area contributed by atoms with E-state index in [9.17, 15) is 4.79 Å². The summed E-state index contributed by atoms with van der Waals surface area (Å²) in [6, 6.07) is 7.51. The molecule has 1 aliphatic rings. The summed E-state index contributed by atoms with van der Waals surface area (Å²) in [6.45, 7) is 0.811. The van der Waals surface area contributed by atoms with E-state index in [1.54, 1.807) is 0 Å². The van der Waals surface area contributed by atoms with Crippen LogP contribution in [0.2, 0.25) is 0 Å². The molecule has 0 unspecified atom stereocenters. The van der Waals surface area contributed by atoms with Crippen LogP contribution in [0.5, 0.6) is 0 Å². The number of hydrogen-bond acceptors (Lipinski definition) is 2. The van der Waals surface area contributed by atoms with Crippen molar-refractivity contribution in [2.24, 2.45) is 5.92 Å². The quantitative estimate of drug-likeness (QED) is 0.927. The lowest BCUT2D eigenvalue weighted by molar-refractivity contribution is 0.0946. The second-order valence-electron chi connectivity index (χ2n) is 4.28. The van der Waals surface area contributed by atoms with Crippen molar-refractivity contribution in [2.45, 2.75) is 12.8 Å². The standard InChI is InChI=1S/C13H16BrNOS/c14-12-3-1-2-11(8-12)13(16)15-9-10-4-6-17-7-5-10/h1-3,8,10H,4-7,9H2,(H,15,16). The number of thioether (sulfide) groups is 1. The van der Waals surface area contributed by atoms with Crippen LogP contribution in [0.3, 0.4) is 0 Å². The van der Waals surface area contributed by atoms with Gasteiger partial charge in [0.25, 0.3) is 5.91 Å². The molecule has 1 aliphatic heterocycles. The molecule has 0 radical (unpaired) electrons. The minimum Gasteiger partial charge on any atom is -0.352 e. The number of benzene rings is 1. The largest absolute Gasteiger partial charge is 0.352 e. The molecule has 0 atom stereocenters. The predicted octanol–water partition coefficient (Wildman–Crippen LogP) is 3.32. The average Bonchev–Trinajstić information content (AvgIpc) is 2.37. The molecule has 2 nitrogen and oxygen atoms in total. The molecule has 1 amide bonds. The Bertz CT molecular complexity index is 391. The molecule has 0 bridgehead atoms. The van der Waals surface area contributed by atoms with Crippen molar-refractivity contribution in [3.05, 3.63) is 34.3 Å². The molecule has 1 aromatic carbocycles. The highest BCUT2D eigenvalue weighted by atomic mass is 79.9. The van der Waals surface area contributed by atoms with Gasteiger partial charge in [-0.05, 0) is 48.5 Å². The van der Waals surface area contributed by atoms with Crippen molar-refractivity contribution >= 4 is 33.6 Å². The van der Waals surface area contributed by atoms with Crippen molar-refractivity contribution in [1.29, 1.82) is 0 Å². The average molecular weight is 314 g/mol. The number of halogens is 1. The third-order valence-electron chi connectivity index (χ3n) is 2.98. The molecule has 92 valence electrons. The van der Waals surface area contributed by atoms with Gasteiger partial charge in [0.05, 0.1) is 0 Å². The van der Waals surface area contributed by atoms with Crippen LogP contribution in [-0.2, 0) is 0 Å². The van der Waals surface area contributed by atoms with Gasteiger partial charge in [0, 0.05) is 16.6 Å². The lowest BCUT2D eigenvalue weighted by atomic mass is 10.0. The molecule has 2 rings (SSSR count). The number of amides is 1. The van der Waals surface area contributed by atoms with E-state index in [2.05, 4.69) is 21.2 Å². The topological polar surface area (TPSA) is 29.1 Å². The fourth-order valence-corrected chi connectivity index (χ4v) is 3.52. The predicted molar refractivity (Wildman–Crippen MR) is 76.5 cm³/mol. The number of carbonyl (C=O) groups excluding carboxylic acids is 1. The van der Waals surface area contributed by atoms with Gasteiger partial charge < -0.3 is 5.32 Å². The highest BCUT2D eigenvalue weighted by Gasteiger charge is 2.15. The zero-order chi connectivity index (χ0) is 12.1. The van der Waals surface area contributed by atoms with Gasteiger partial charge in [-0.2, -0.15) is 11.8 Å². The molecular formula is C13H16BrNOS. The molecule has 0 spiro atoms. The Morgan fingerprint density at radius 3 is 2.88 bits per heavy atom. The zero-order valence-corrected chi connectivity index (χ0v) is 12.0. The number of hydrogen-bond donors (Lipinski definition) is 1. The summed E-state index contributed by atoms with van der Waals surface area (Å²) in [7, 11) is 0. The van der Waals surface area contributed by atoms with Crippen molar-refractivity contribution in [3.8, 4) is 0 Å². The van der Waals surface area contributed by atoms with Crippen molar-refractivity contribution < 1.29 is 4.79 Å². The molecular weight excluding hydrogens is 298 g/mol. The summed E-state index contributed by atoms with van der Waals surface area (Å²) in [5.41, 5.74) is 0.726. The molecule has 1 saturated heterocycles. The van der Waals surface area contributed by atoms with Crippen LogP contribution in [0.15, 0.2) is 28.7 Å². The fourth-order valence-electron chi connectivity index (χ4n) is 1.92. The van der Waals surface area contributed by atoms with E-state index >= 15 is 0 Å². The maximum Gasteiger partial charge on any atom is 0.251 e. The second-order valence-corrected chi connectivity index (χ2v) is 6.42. The van der Waals surface area contributed by atoms with Gasteiger partial charge in [0.15, 0.2) is 0 Å². The highest BCUT2D eigenvalue weighted by Crippen LogP contribution is 2.22. The second kappa shape index (κ2) is 6.45. The summed E-state index contributed by atoms with van der Waals surface area (Å²) in [6.07, 6.45) is 2.45. The Hall–Kier alpha value is -0.480. The first-order valence-corrected chi connectivity index (χ1v) is 7.82. The summed E-state index contributed by atoms with van der Waals surface area (Å²) in [5, 5.41) is 3.03. The van der Waals surface area contributed by atoms with E-state index < -0.39 is 0 Å². The van der Waals surface area contributed by atoms with Crippen LogP contribution in [0.1, 0.15) is 23.2 Å². The van der Waals surface area contributed by atoms with E-state index in [0.717, 1.165) is 16.6 Å². The minimum atomic E-state index is 0.0320. The smallest absolute Gasteiger partial charge is 0.251 e. The molecule has 0 saturated carbocycles. The monoisotopic (exact) mass is 313 g/mol. The first-order chi connectivity index (χ1) is 8.25. The first kappa shape index (κ1) is 13.0. The van der Waals surface area contributed by atoms with Gasteiger partial charge in [-0.1, -0.05) is 22.0 Å². The van der Waals surface area contributed by atoms with Crippen LogP contribution in [0.4, 0.5) is 0 Å². The van der Waals surface area contributed by atoms with Crippen LogP contribution >= 0.6 is 27.7 Å². The van der Waals surface area contributed by atoms with E-state index in [4.69, 9.17) is 0 Å². The Morgan fingerprint density at radius 2 is 2.18 bits per heavy atom. The van der Waals surface area contributed by atoms with E-state index in [0.29, 0.717) is 5.92 Å². The molecule has 17 heavy (non-hydrogen) atoms. The SMILES string of the molecule is O=C(NCC1CCSCC1)c1cccc(Br)c1. The molecule has 1 heterocycles. The van der Waals surface area contributed by atoms with Gasteiger partial charge in [-0.3, -0.25) is 4.79 Å². The van der Waals surface area contributed by atoms with Crippen LogP contribution < -0.4 is 5.32 Å². The van der Waals surface area contributed by atoms with Crippen LogP contribution in [-0.4, -0.2) is 24.0 Å². The normalized spacial score (nSPS) is 16.8. The molecule has 1 aromatic rings. The molecule has 0 aromatic heterocycles. The number of carbonyl (C=O) groups is 1. The van der Waals surface area contributed by atoms with Crippen LogP contribution in [0, 0.1) is 5.92 Å². The summed E-state index contributed by atoms with van der Waals surface area (Å²) in [5.74, 6) is 3.16. The molecule has 4 heteroatoms. The van der Waals surface area contributed by atoms with Crippen molar-refractivity contribution in [1.82, 2.24) is 5.32 Å². The van der Waals surface area contributed by atoms with E-state index in [-0.39, 0.29) is 5.91 Å². The Morgan fingerprint density at radius 1 is 1.41 bits per heavy atom. The Labute approximate surface area is 115 Å². The Balaban J connectivity index is 1.84. The van der Waals surface area contributed by atoms with Crippen molar-refractivity contribution in [2.75, 3.05) is 18.1 Å². The van der Waals surface area contributed by atoms with Gasteiger partial charge >= 0.3 is 0 Å². The third-order valence-corrected chi connectivity index (χ3v) is 4.52. The zero-order valence-electron chi connectivity index (χ0n) is 9.62. The number of rotatable bonds is 3. The van der Waals surface area contributed by atoms with Crippen LogP contribution in [0.25, 0.3) is 0 Å². The summed E-state index contributed by atoms with van der Waals surface area (Å²) < 4.78 is 0.944. The van der Waals surface area contributed by atoms with Crippen molar-refractivity contribution in [3.63, 3.8) is 0 Å². The lowest BCUT2D eigenvalue weighted by Gasteiger charge is -2.21. The Kier molecular flexibility index (Phi) is 4.92. The molecule has 1 N–H and O–H groups in total.